The third-order valence-corrected chi connectivity index (χ3v) is 3.60. The molecule has 0 radical (unpaired) electrons. The van der Waals surface area contributed by atoms with Crippen LogP contribution in [-0.4, -0.2) is 53.3 Å². The van der Waals surface area contributed by atoms with Crippen molar-refractivity contribution in [1.82, 2.24) is 5.32 Å². The number of nitrogens with one attached hydrogen (secondary N) is 1. The van der Waals surface area contributed by atoms with Gasteiger partial charge in [-0.25, -0.2) is 0 Å². The van der Waals surface area contributed by atoms with Gasteiger partial charge in [-0.1, -0.05) is 30.3 Å². The number of hydrogen-bond acceptors (Lipinski definition) is 6. The molecule has 5 N–H and O–H groups in total. The van der Waals surface area contributed by atoms with Crippen molar-refractivity contribution in [2.75, 3.05) is 6.61 Å². The summed E-state index contributed by atoms with van der Waals surface area (Å²) in [6.45, 7) is 1.25. The number of ether oxygens (including phenoxy) is 2. The molecule has 1 aliphatic heterocycles. The number of rotatable bonds is 5. The molecule has 0 aromatic heterocycles. The minimum Gasteiger partial charge on any atom is -0.394 e. The van der Waals surface area contributed by atoms with Crippen molar-refractivity contribution < 1.29 is 24.5 Å². The molecule has 1 saturated heterocycles. The summed E-state index contributed by atoms with van der Waals surface area (Å²) in [6, 6.07) is 7.84. The summed E-state index contributed by atoms with van der Waals surface area (Å²) in [5.74, 6) is -0.324. The van der Waals surface area contributed by atoms with Gasteiger partial charge in [-0.3, -0.25) is 4.79 Å². The first-order valence-electron chi connectivity index (χ1n) is 7.15. The Hall–Kier alpha value is -1.51. The Bertz CT molecular complexity index is 484. The maximum Gasteiger partial charge on any atom is 0.217 e. The van der Waals surface area contributed by atoms with E-state index in [0.29, 0.717) is 0 Å². The molecule has 122 valence electrons. The second-order valence-electron chi connectivity index (χ2n) is 5.32. The molecule has 1 fully saturated rings. The smallest absolute Gasteiger partial charge is 0.217 e. The number of aliphatic hydroxyl groups excluding tert-OH is 2. The lowest BCUT2D eigenvalue weighted by Gasteiger charge is -2.42. The predicted molar refractivity (Wildman–Crippen MR) is 78.6 cm³/mol. The van der Waals surface area contributed by atoms with Gasteiger partial charge in [-0.15, -0.1) is 0 Å². The Labute approximate surface area is 129 Å². The minimum atomic E-state index is -1.07. The second kappa shape index (κ2) is 7.66. The molecule has 1 amide bonds. The highest BCUT2D eigenvalue weighted by atomic mass is 16.7. The molecule has 0 spiro atoms. The molecule has 0 aliphatic carbocycles. The number of carbonyl (C=O) groups excluding carboxylic acids is 1. The average Bonchev–Trinajstić information content (AvgIpc) is 2.52. The van der Waals surface area contributed by atoms with Gasteiger partial charge in [-0.05, 0) is 5.56 Å². The molecule has 2 rings (SSSR count). The van der Waals surface area contributed by atoms with Gasteiger partial charge in [-0.2, -0.15) is 0 Å². The van der Waals surface area contributed by atoms with Crippen LogP contribution < -0.4 is 11.1 Å². The summed E-state index contributed by atoms with van der Waals surface area (Å²) >= 11 is 0. The Morgan fingerprint density at radius 1 is 1.41 bits per heavy atom. The highest BCUT2D eigenvalue weighted by Crippen LogP contribution is 2.22. The van der Waals surface area contributed by atoms with E-state index in [1.807, 2.05) is 30.3 Å². The molecule has 22 heavy (non-hydrogen) atoms. The lowest BCUT2D eigenvalue weighted by atomic mass is 9.95. The number of carbonyl (C=O) groups is 1. The second-order valence-corrected chi connectivity index (χ2v) is 5.32. The first-order valence-corrected chi connectivity index (χ1v) is 7.15. The van der Waals surface area contributed by atoms with Gasteiger partial charge in [0.25, 0.3) is 0 Å². The summed E-state index contributed by atoms with van der Waals surface area (Å²) in [6.07, 6.45) is -2.72. The van der Waals surface area contributed by atoms with Crippen LogP contribution in [0.2, 0.25) is 0 Å². The summed E-state index contributed by atoms with van der Waals surface area (Å²) < 4.78 is 11.3. The van der Waals surface area contributed by atoms with Crippen LogP contribution in [0.1, 0.15) is 12.5 Å². The number of amides is 1. The minimum absolute atomic E-state index is 0.252. The van der Waals surface area contributed by atoms with Crippen molar-refractivity contribution >= 4 is 5.91 Å². The normalized spacial score (nSPS) is 31.7. The zero-order valence-electron chi connectivity index (χ0n) is 12.4. The molecule has 5 unspecified atom stereocenters. The van der Waals surface area contributed by atoms with Crippen molar-refractivity contribution in [2.24, 2.45) is 5.73 Å². The molecular formula is C15H22N2O5. The maximum atomic E-state index is 11.3. The molecular weight excluding hydrogens is 288 g/mol. The molecule has 1 aliphatic rings. The van der Waals surface area contributed by atoms with E-state index in [0.717, 1.165) is 5.56 Å². The van der Waals surface area contributed by atoms with E-state index < -0.39 is 30.6 Å². The SMILES string of the molecule is CC(=O)NC1C(OCc2ccccc2)OC(CO)C(N)C1O. The summed E-state index contributed by atoms with van der Waals surface area (Å²) in [5, 5.41) is 22.1. The first-order chi connectivity index (χ1) is 10.5. The van der Waals surface area contributed by atoms with Crippen LogP contribution in [0, 0.1) is 0 Å². The molecule has 1 aromatic rings. The van der Waals surface area contributed by atoms with E-state index in [1.165, 1.54) is 6.92 Å². The van der Waals surface area contributed by atoms with Crippen molar-refractivity contribution in [3.8, 4) is 0 Å². The molecule has 5 atom stereocenters. The van der Waals surface area contributed by atoms with Crippen LogP contribution in [0.4, 0.5) is 0 Å². The zero-order chi connectivity index (χ0) is 16.1. The van der Waals surface area contributed by atoms with E-state index in [4.69, 9.17) is 15.2 Å². The van der Waals surface area contributed by atoms with Gasteiger partial charge in [0.1, 0.15) is 12.1 Å². The first kappa shape index (κ1) is 16.9. The van der Waals surface area contributed by atoms with Gasteiger partial charge in [0.05, 0.1) is 25.4 Å². The van der Waals surface area contributed by atoms with Gasteiger partial charge in [0.2, 0.25) is 5.91 Å². The quantitative estimate of drug-likeness (QED) is 0.561. The van der Waals surface area contributed by atoms with Gasteiger partial charge in [0, 0.05) is 6.92 Å². The lowest BCUT2D eigenvalue weighted by molar-refractivity contribution is -0.247. The maximum absolute atomic E-state index is 11.3. The fourth-order valence-electron chi connectivity index (χ4n) is 2.42. The highest BCUT2D eigenvalue weighted by Gasteiger charge is 2.44. The average molecular weight is 310 g/mol. The molecule has 7 nitrogen and oxygen atoms in total. The van der Waals surface area contributed by atoms with E-state index in [-0.39, 0.29) is 19.1 Å². The van der Waals surface area contributed by atoms with Gasteiger partial charge >= 0.3 is 0 Å². The number of nitrogens with two attached hydrogens (primary N) is 1. The van der Waals surface area contributed by atoms with Crippen molar-refractivity contribution in [3.05, 3.63) is 35.9 Å². The molecule has 1 heterocycles. The van der Waals surface area contributed by atoms with Crippen LogP contribution in [0.15, 0.2) is 30.3 Å². The zero-order valence-corrected chi connectivity index (χ0v) is 12.4. The van der Waals surface area contributed by atoms with Crippen LogP contribution in [0.3, 0.4) is 0 Å². The Morgan fingerprint density at radius 3 is 2.68 bits per heavy atom. The van der Waals surface area contributed by atoms with Crippen molar-refractivity contribution in [1.29, 1.82) is 0 Å². The fraction of sp³-hybridized carbons (Fsp3) is 0.533. The number of benzene rings is 1. The highest BCUT2D eigenvalue weighted by molar-refractivity contribution is 5.73. The van der Waals surface area contributed by atoms with E-state index in [9.17, 15) is 15.0 Å². The topological polar surface area (TPSA) is 114 Å². The number of aliphatic hydroxyl groups is 2. The number of hydrogen-bond donors (Lipinski definition) is 4. The Kier molecular flexibility index (Phi) is 5.87. The third-order valence-electron chi connectivity index (χ3n) is 3.60. The van der Waals surface area contributed by atoms with Crippen LogP contribution >= 0.6 is 0 Å². The Balaban J connectivity index is 2.07. The lowest BCUT2D eigenvalue weighted by Crippen LogP contribution is -2.67. The van der Waals surface area contributed by atoms with Crippen LogP contribution in [0.5, 0.6) is 0 Å². The molecule has 1 aromatic carbocycles. The largest absolute Gasteiger partial charge is 0.394 e. The summed E-state index contributed by atoms with van der Waals surface area (Å²) in [4.78, 5) is 11.3. The fourth-order valence-corrected chi connectivity index (χ4v) is 2.42. The van der Waals surface area contributed by atoms with Gasteiger partial charge < -0.3 is 30.7 Å². The standard InChI is InChI=1S/C15H22N2O5/c1-9(19)17-13-14(20)12(16)11(7-18)22-15(13)21-8-10-5-3-2-4-6-10/h2-6,11-15,18,20H,7-8,16H2,1H3,(H,17,19). The van der Waals surface area contributed by atoms with Crippen molar-refractivity contribution in [3.63, 3.8) is 0 Å². The monoisotopic (exact) mass is 310 g/mol. The molecule has 0 bridgehead atoms. The molecule has 7 heteroatoms. The Morgan fingerprint density at radius 2 is 2.09 bits per heavy atom. The third kappa shape index (κ3) is 4.02. The van der Waals surface area contributed by atoms with Gasteiger partial charge in [0.15, 0.2) is 6.29 Å². The van der Waals surface area contributed by atoms with E-state index >= 15 is 0 Å². The van der Waals surface area contributed by atoms with E-state index in [2.05, 4.69) is 5.32 Å². The van der Waals surface area contributed by atoms with Crippen LogP contribution in [-0.2, 0) is 20.9 Å². The van der Waals surface area contributed by atoms with Crippen molar-refractivity contribution in [2.45, 2.75) is 44.1 Å². The van der Waals surface area contributed by atoms with E-state index in [1.54, 1.807) is 0 Å². The summed E-state index contributed by atoms with van der Waals surface area (Å²) in [7, 11) is 0. The van der Waals surface area contributed by atoms with Crippen LogP contribution in [0.25, 0.3) is 0 Å². The molecule has 0 saturated carbocycles. The predicted octanol–water partition coefficient (Wildman–Crippen LogP) is -0.887. The summed E-state index contributed by atoms with van der Waals surface area (Å²) in [5.41, 5.74) is 6.76.